The molecule has 0 fully saturated rings. The summed E-state index contributed by atoms with van der Waals surface area (Å²) in [6, 6.07) is 44.8. The summed E-state index contributed by atoms with van der Waals surface area (Å²) in [6.07, 6.45) is 0. The zero-order valence-corrected chi connectivity index (χ0v) is 38.5. The maximum absolute atomic E-state index is 14.3. The predicted molar refractivity (Wildman–Crippen MR) is 260 cm³/mol. The number of thiophene rings is 1. The van der Waals surface area contributed by atoms with Crippen LogP contribution in [-0.2, 0) is 20.7 Å². The van der Waals surface area contributed by atoms with Gasteiger partial charge in [0.2, 0.25) is 0 Å². The molecule has 0 saturated heterocycles. The predicted octanol–water partition coefficient (Wildman–Crippen LogP) is 10.3. The highest BCUT2D eigenvalue weighted by molar-refractivity contribution is 7.28. The molecule has 0 aliphatic carbocycles. The monoisotopic (exact) mass is 882 g/mol. The molecule has 2 aliphatic rings. The summed E-state index contributed by atoms with van der Waals surface area (Å²) in [5, 5.41) is 4.50. The molecule has 0 N–H and O–H groups in total. The second-order valence-electron chi connectivity index (χ2n) is 17.1. The van der Waals surface area contributed by atoms with E-state index >= 15 is 0 Å². The molecule has 64 heavy (non-hydrogen) atoms. The highest BCUT2D eigenvalue weighted by atomic mass is 32.1. The number of rotatable bonds is 10. The van der Waals surface area contributed by atoms with E-state index in [0.29, 0.717) is 11.1 Å². The molecule has 0 spiro atoms. The molecular formula is C52H46N6O4S2. The molecule has 10 rings (SSSR count). The van der Waals surface area contributed by atoms with Crippen LogP contribution in [0.1, 0.15) is 54.1 Å². The summed E-state index contributed by atoms with van der Waals surface area (Å²) >= 11 is 2.82. The van der Waals surface area contributed by atoms with E-state index in [1.807, 2.05) is 149 Å². The molecule has 4 heterocycles. The van der Waals surface area contributed by atoms with Gasteiger partial charge in [-0.15, -0.1) is 16.4 Å². The third kappa shape index (κ3) is 6.34. The number of hydrogen-bond donors (Lipinski definition) is 0. The van der Waals surface area contributed by atoms with Gasteiger partial charge in [-0.1, -0.05) is 77.3 Å². The van der Waals surface area contributed by atoms with E-state index in [4.69, 9.17) is 9.47 Å². The Morgan fingerprint density at radius 2 is 0.828 bits per heavy atom. The average Bonchev–Trinajstić information content (AvgIpc) is 4.06. The van der Waals surface area contributed by atoms with Gasteiger partial charge in [0.05, 0.1) is 15.8 Å². The number of cyclic esters (lactones) is 2. The van der Waals surface area contributed by atoms with Crippen molar-refractivity contribution < 1.29 is 19.1 Å². The Hall–Kier alpha value is -7.02. The third-order valence-electron chi connectivity index (χ3n) is 12.6. The Balaban J connectivity index is 1.11. The van der Waals surface area contributed by atoms with Crippen molar-refractivity contribution in [3.8, 4) is 21.6 Å². The molecule has 0 atom stereocenters. The summed E-state index contributed by atoms with van der Waals surface area (Å²) in [7, 11) is 16.0. The zero-order valence-electron chi connectivity index (χ0n) is 36.8. The number of carbonyl (C=O) groups is 2. The van der Waals surface area contributed by atoms with Crippen LogP contribution in [0.15, 0.2) is 133 Å². The molecule has 2 aliphatic heterocycles. The number of ether oxygens (including phenoxy) is 2. The first-order valence-corrected chi connectivity index (χ1v) is 22.5. The Morgan fingerprint density at radius 1 is 0.469 bits per heavy atom. The summed E-state index contributed by atoms with van der Waals surface area (Å²) in [5.41, 5.74) is 10.3. The fourth-order valence-electron chi connectivity index (χ4n) is 9.12. The maximum atomic E-state index is 14.3. The Labute approximate surface area is 380 Å². The van der Waals surface area contributed by atoms with Gasteiger partial charge in [-0.25, -0.2) is 9.59 Å². The van der Waals surface area contributed by atoms with Crippen LogP contribution in [0.25, 0.3) is 31.1 Å². The molecule has 320 valence electrons. The number of hydrogen-bond acceptors (Lipinski definition) is 12. The highest BCUT2D eigenvalue weighted by Gasteiger charge is 2.50. The molecule has 12 heteroatoms. The Bertz CT molecular complexity index is 3000. The molecule has 0 radical (unpaired) electrons. The molecule has 0 amide bonds. The number of aromatic nitrogens is 2. The fourth-order valence-corrected chi connectivity index (χ4v) is 11.1. The summed E-state index contributed by atoms with van der Waals surface area (Å²) < 4.78 is 18.4. The van der Waals surface area contributed by atoms with E-state index in [2.05, 4.69) is 70.3 Å². The number of nitrogens with zero attached hydrogens (tertiary/aromatic N) is 6. The van der Waals surface area contributed by atoms with Crippen LogP contribution in [0.4, 0.5) is 22.7 Å². The van der Waals surface area contributed by atoms with E-state index in [0.717, 1.165) is 87.2 Å². The molecule has 0 unspecified atom stereocenters. The summed E-state index contributed by atoms with van der Waals surface area (Å²) in [5.74, 6) is -0.812. The lowest BCUT2D eigenvalue weighted by atomic mass is 9.79. The van der Waals surface area contributed by atoms with Gasteiger partial charge < -0.3 is 29.1 Å². The quantitative estimate of drug-likeness (QED) is 0.124. The molecule has 0 bridgehead atoms. The fraction of sp³-hybridized carbons (Fsp3) is 0.192. The van der Waals surface area contributed by atoms with E-state index < -0.39 is 23.1 Å². The number of carbonyl (C=O) groups excluding carboxylic acids is 2. The van der Waals surface area contributed by atoms with Crippen LogP contribution in [0.2, 0.25) is 0 Å². The Morgan fingerprint density at radius 3 is 1.20 bits per heavy atom. The highest BCUT2D eigenvalue weighted by Crippen LogP contribution is 2.53. The summed E-state index contributed by atoms with van der Waals surface area (Å²) in [6.45, 7) is 0. The number of esters is 2. The lowest BCUT2D eigenvalue weighted by Gasteiger charge is -2.31. The molecule has 8 aromatic rings. The number of anilines is 4. The summed E-state index contributed by atoms with van der Waals surface area (Å²) in [4.78, 5) is 38.5. The topological polar surface area (TPSA) is 91.3 Å². The second-order valence-corrected chi connectivity index (χ2v) is 18.9. The molecule has 6 aromatic carbocycles. The van der Waals surface area contributed by atoms with Gasteiger partial charge in [0.15, 0.2) is 16.0 Å². The van der Waals surface area contributed by atoms with Crippen LogP contribution < -0.4 is 19.6 Å². The Kier molecular flexibility index (Phi) is 9.84. The van der Waals surface area contributed by atoms with E-state index in [1.54, 1.807) is 0 Å². The first-order valence-electron chi connectivity index (χ1n) is 20.9. The van der Waals surface area contributed by atoms with Crippen LogP contribution in [0.5, 0.6) is 0 Å². The van der Waals surface area contributed by atoms with Gasteiger partial charge in [-0.05, 0) is 83.3 Å². The zero-order chi connectivity index (χ0) is 44.7. The van der Waals surface area contributed by atoms with Crippen molar-refractivity contribution in [3.63, 3.8) is 0 Å². The van der Waals surface area contributed by atoms with Gasteiger partial charge in [0.25, 0.3) is 0 Å². The van der Waals surface area contributed by atoms with Crippen molar-refractivity contribution in [1.82, 2.24) is 9.59 Å². The minimum Gasteiger partial charge on any atom is -0.441 e. The van der Waals surface area contributed by atoms with Gasteiger partial charge in [-0.3, -0.25) is 0 Å². The molecular weight excluding hydrogens is 837 g/mol. The van der Waals surface area contributed by atoms with E-state index in [9.17, 15) is 9.59 Å². The average molecular weight is 883 g/mol. The van der Waals surface area contributed by atoms with Gasteiger partial charge in [-0.2, -0.15) is 0 Å². The van der Waals surface area contributed by atoms with E-state index in [-0.39, 0.29) is 0 Å². The van der Waals surface area contributed by atoms with Crippen molar-refractivity contribution in [2.75, 3.05) is 76.0 Å². The largest absolute Gasteiger partial charge is 0.441 e. The van der Waals surface area contributed by atoms with Crippen LogP contribution in [0.3, 0.4) is 0 Å². The minimum absolute atomic E-state index is 0.404. The van der Waals surface area contributed by atoms with Crippen molar-refractivity contribution in [2.45, 2.75) is 11.2 Å². The van der Waals surface area contributed by atoms with Crippen LogP contribution in [-0.4, -0.2) is 77.9 Å². The smallest absolute Gasteiger partial charge is 0.340 e. The molecule has 0 saturated carbocycles. The van der Waals surface area contributed by atoms with Gasteiger partial charge in [0.1, 0.15) is 0 Å². The van der Waals surface area contributed by atoms with Gasteiger partial charge in [0, 0.05) is 123 Å². The number of benzene rings is 6. The molecule has 2 aromatic heterocycles. The number of fused-ring (bicyclic) bond motifs is 3. The van der Waals surface area contributed by atoms with Crippen LogP contribution >= 0.6 is 22.9 Å². The third-order valence-corrected chi connectivity index (χ3v) is 14.5. The van der Waals surface area contributed by atoms with Crippen molar-refractivity contribution >= 4 is 67.1 Å². The SMILES string of the molecule is CN(C)c1ccc(C2(c3ccc(N(C)C)cc3)OC(=O)c3cc(-c4sc5nnsc5c4-c4ccc5c(c4)C(=O)OC5(c4ccc(N(C)C)cc4)c4ccc(N(C)C)cc4)ccc32)cc1. The van der Waals surface area contributed by atoms with Gasteiger partial charge >= 0.3 is 11.9 Å². The second kappa shape index (κ2) is 15.4. The maximum Gasteiger partial charge on any atom is 0.340 e. The lowest BCUT2D eigenvalue weighted by molar-refractivity contribution is 0.0242. The van der Waals surface area contributed by atoms with Crippen molar-refractivity contribution in [1.29, 1.82) is 0 Å². The minimum atomic E-state index is -1.17. The standard InChI is InChI=1S/C52H46N6O4S2/c1-55(2)37-19-11-33(12-20-37)51(34-13-21-38(22-14-34)56(3)4)43-27-9-31(29-41(43)49(59)61-51)45-46(63-48-47(45)64-54-53-48)32-10-28-44-42(30-32)50(60)62-52(44,35-15-23-39(24-16-35)57(5)6)36-17-25-40(26-18-36)58(7)8/h9-30H,1-8H3. The van der Waals surface area contributed by atoms with Crippen molar-refractivity contribution in [3.05, 3.63) is 178 Å². The molecule has 10 nitrogen and oxygen atoms in total. The van der Waals surface area contributed by atoms with Crippen LogP contribution in [0, 0.1) is 0 Å². The first kappa shape index (κ1) is 41.0. The first-order chi connectivity index (χ1) is 30.8. The lowest BCUT2D eigenvalue weighted by Crippen LogP contribution is -2.29. The normalized spacial score (nSPS) is 14.5. The van der Waals surface area contributed by atoms with E-state index in [1.165, 1.54) is 22.9 Å². The van der Waals surface area contributed by atoms with Crippen molar-refractivity contribution in [2.24, 2.45) is 0 Å².